The van der Waals surface area contributed by atoms with Crippen LogP contribution in [0.15, 0.2) is 188 Å². The molecule has 3 heteroatoms. The Balaban J connectivity index is 1.15. The third kappa shape index (κ3) is 4.87. The van der Waals surface area contributed by atoms with E-state index in [0.29, 0.717) is 17.5 Å². The van der Waals surface area contributed by atoms with Gasteiger partial charge in [-0.05, 0) is 101 Å². The van der Waals surface area contributed by atoms with E-state index in [9.17, 15) is 0 Å². The molecular formula is C51H31N3. The minimum absolute atomic E-state index is 0.648. The van der Waals surface area contributed by atoms with Gasteiger partial charge in [-0.25, -0.2) is 15.0 Å². The van der Waals surface area contributed by atoms with E-state index in [1.165, 1.54) is 60.7 Å². The zero-order chi connectivity index (χ0) is 35.6. The van der Waals surface area contributed by atoms with E-state index in [4.69, 9.17) is 15.0 Å². The molecule has 0 atom stereocenters. The molecule has 3 nitrogen and oxygen atoms in total. The summed E-state index contributed by atoms with van der Waals surface area (Å²) < 4.78 is 0. The normalized spacial score (nSPS) is 11.7. The van der Waals surface area contributed by atoms with Crippen LogP contribution in [0, 0.1) is 0 Å². The predicted octanol–water partition coefficient (Wildman–Crippen LogP) is 13.3. The highest BCUT2D eigenvalue weighted by atomic mass is 15.0. The van der Waals surface area contributed by atoms with Crippen LogP contribution in [0.4, 0.5) is 0 Å². The van der Waals surface area contributed by atoms with E-state index in [1.807, 2.05) is 18.2 Å². The summed E-state index contributed by atoms with van der Waals surface area (Å²) >= 11 is 0. The fourth-order valence-corrected chi connectivity index (χ4v) is 8.33. The van der Waals surface area contributed by atoms with E-state index in [-0.39, 0.29) is 0 Å². The molecule has 9 aromatic carbocycles. The average molecular weight is 686 g/mol. The molecule has 1 aromatic heterocycles. The molecule has 0 radical (unpaired) electrons. The molecule has 10 aromatic rings. The number of fused-ring (bicyclic) bond motifs is 5. The molecule has 0 aliphatic heterocycles. The van der Waals surface area contributed by atoms with Crippen LogP contribution >= 0.6 is 0 Å². The van der Waals surface area contributed by atoms with Crippen LogP contribution < -0.4 is 0 Å². The van der Waals surface area contributed by atoms with Gasteiger partial charge in [0.1, 0.15) is 0 Å². The minimum Gasteiger partial charge on any atom is -0.208 e. The lowest BCUT2D eigenvalue weighted by Gasteiger charge is -2.17. The number of aromatic nitrogens is 3. The fraction of sp³-hybridized carbons (Fsp3) is 0. The van der Waals surface area contributed by atoms with Gasteiger partial charge >= 0.3 is 0 Å². The first-order valence-electron chi connectivity index (χ1n) is 18.4. The highest BCUT2D eigenvalue weighted by Crippen LogP contribution is 2.53. The van der Waals surface area contributed by atoms with Gasteiger partial charge in [-0.15, -0.1) is 0 Å². The van der Waals surface area contributed by atoms with Crippen molar-refractivity contribution in [2.75, 3.05) is 0 Å². The number of rotatable bonds is 5. The molecule has 0 saturated carbocycles. The maximum atomic E-state index is 5.20. The second kappa shape index (κ2) is 12.2. The molecular weight excluding hydrogens is 655 g/mol. The summed E-state index contributed by atoms with van der Waals surface area (Å²) in [6.45, 7) is 0. The Morgan fingerprint density at radius 1 is 0.259 bits per heavy atom. The maximum absolute atomic E-state index is 5.20. The summed E-state index contributed by atoms with van der Waals surface area (Å²) in [7, 11) is 0. The zero-order valence-corrected chi connectivity index (χ0v) is 29.2. The highest BCUT2D eigenvalue weighted by molar-refractivity contribution is 6.20. The summed E-state index contributed by atoms with van der Waals surface area (Å²) in [5, 5.41) is 7.16. The van der Waals surface area contributed by atoms with Gasteiger partial charge in [-0.2, -0.15) is 0 Å². The molecule has 1 aliphatic carbocycles. The Morgan fingerprint density at radius 3 is 1.57 bits per heavy atom. The van der Waals surface area contributed by atoms with Gasteiger partial charge in [0.15, 0.2) is 17.5 Å². The first-order valence-corrected chi connectivity index (χ1v) is 18.4. The standard InChI is InChI=1S/C51H31N3/c1-3-13-32(14-4-1)38-30-45(48-44-24-12-20-34-19-11-23-42(47(34)44)46(48)31-38)41-27-28-43(40-22-10-9-21-39(40)41)51-53-49(35-16-5-2-6-17-35)52-50(54-51)37-26-25-33-15-7-8-18-36(33)29-37/h1-31H. The third-order valence-corrected chi connectivity index (χ3v) is 10.8. The molecule has 0 saturated heterocycles. The van der Waals surface area contributed by atoms with Gasteiger partial charge in [0.2, 0.25) is 0 Å². The Morgan fingerprint density at radius 2 is 0.815 bits per heavy atom. The lowest BCUT2D eigenvalue weighted by atomic mass is 9.86. The van der Waals surface area contributed by atoms with E-state index in [2.05, 4.69) is 170 Å². The van der Waals surface area contributed by atoms with Crippen LogP contribution in [0.1, 0.15) is 0 Å². The van der Waals surface area contributed by atoms with Crippen LogP contribution in [-0.2, 0) is 0 Å². The number of hydrogen-bond acceptors (Lipinski definition) is 3. The van der Waals surface area contributed by atoms with Crippen molar-refractivity contribution >= 4 is 32.3 Å². The van der Waals surface area contributed by atoms with Gasteiger partial charge in [-0.3, -0.25) is 0 Å². The van der Waals surface area contributed by atoms with Crippen molar-refractivity contribution in [2.24, 2.45) is 0 Å². The molecule has 250 valence electrons. The Labute approximate surface area is 312 Å². The van der Waals surface area contributed by atoms with Crippen LogP contribution in [0.25, 0.3) is 111 Å². The average Bonchev–Trinajstić information content (AvgIpc) is 3.58. The summed E-state index contributed by atoms with van der Waals surface area (Å²) in [5.74, 6) is 1.95. The Bertz CT molecular complexity index is 3090. The molecule has 0 N–H and O–H groups in total. The van der Waals surface area contributed by atoms with E-state index in [1.54, 1.807) is 0 Å². The highest BCUT2D eigenvalue weighted by Gasteiger charge is 2.27. The van der Waals surface area contributed by atoms with Gasteiger partial charge < -0.3 is 0 Å². The molecule has 11 rings (SSSR count). The van der Waals surface area contributed by atoms with Crippen molar-refractivity contribution in [1.29, 1.82) is 0 Å². The van der Waals surface area contributed by atoms with Gasteiger partial charge in [0, 0.05) is 16.7 Å². The molecule has 0 unspecified atom stereocenters. The second-order valence-corrected chi connectivity index (χ2v) is 14.0. The van der Waals surface area contributed by atoms with Crippen LogP contribution in [0.3, 0.4) is 0 Å². The lowest BCUT2D eigenvalue weighted by Crippen LogP contribution is -2.01. The molecule has 0 fully saturated rings. The largest absolute Gasteiger partial charge is 0.208 e. The first-order chi connectivity index (χ1) is 26.8. The molecule has 1 aliphatic rings. The van der Waals surface area contributed by atoms with Crippen LogP contribution in [0.2, 0.25) is 0 Å². The first kappa shape index (κ1) is 30.4. The summed E-state index contributed by atoms with van der Waals surface area (Å²) in [5.41, 5.74) is 12.8. The quantitative estimate of drug-likeness (QED) is 0.181. The van der Waals surface area contributed by atoms with Crippen molar-refractivity contribution in [1.82, 2.24) is 15.0 Å². The number of benzene rings is 9. The molecule has 0 amide bonds. The molecule has 0 bridgehead atoms. The van der Waals surface area contributed by atoms with Crippen LogP contribution in [-0.4, -0.2) is 15.0 Å². The van der Waals surface area contributed by atoms with E-state index >= 15 is 0 Å². The summed E-state index contributed by atoms with van der Waals surface area (Å²) in [4.78, 5) is 15.4. The third-order valence-electron chi connectivity index (χ3n) is 10.8. The summed E-state index contributed by atoms with van der Waals surface area (Å²) in [6, 6.07) is 67.0. The van der Waals surface area contributed by atoms with Crippen molar-refractivity contribution in [2.45, 2.75) is 0 Å². The smallest absolute Gasteiger partial charge is 0.164 e. The van der Waals surface area contributed by atoms with Gasteiger partial charge in [0.25, 0.3) is 0 Å². The maximum Gasteiger partial charge on any atom is 0.164 e. The van der Waals surface area contributed by atoms with E-state index in [0.717, 1.165) is 32.8 Å². The fourth-order valence-electron chi connectivity index (χ4n) is 8.33. The lowest BCUT2D eigenvalue weighted by molar-refractivity contribution is 1.08. The van der Waals surface area contributed by atoms with Crippen molar-refractivity contribution in [3.8, 4) is 78.7 Å². The second-order valence-electron chi connectivity index (χ2n) is 14.0. The monoisotopic (exact) mass is 685 g/mol. The SMILES string of the molecule is c1ccc(-c2cc(-c3ccc(-c4nc(-c5ccccc5)nc(-c5ccc6ccccc6c5)n4)c4ccccc34)c3c(c2)-c2cccc4cccc-3c24)cc1. The number of hydrogen-bond donors (Lipinski definition) is 0. The molecule has 0 spiro atoms. The van der Waals surface area contributed by atoms with Crippen molar-refractivity contribution in [3.63, 3.8) is 0 Å². The van der Waals surface area contributed by atoms with Crippen molar-refractivity contribution in [3.05, 3.63) is 188 Å². The predicted molar refractivity (Wildman–Crippen MR) is 224 cm³/mol. The number of nitrogens with zero attached hydrogens (tertiary/aromatic N) is 3. The Kier molecular flexibility index (Phi) is 6.86. The van der Waals surface area contributed by atoms with E-state index < -0.39 is 0 Å². The Hall–Kier alpha value is -7.23. The van der Waals surface area contributed by atoms with Crippen LogP contribution in [0.5, 0.6) is 0 Å². The molecule has 1 heterocycles. The topological polar surface area (TPSA) is 38.7 Å². The molecule has 54 heavy (non-hydrogen) atoms. The van der Waals surface area contributed by atoms with Crippen molar-refractivity contribution < 1.29 is 0 Å². The minimum atomic E-state index is 0.648. The van der Waals surface area contributed by atoms with Gasteiger partial charge in [0.05, 0.1) is 0 Å². The summed E-state index contributed by atoms with van der Waals surface area (Å²) in [6.07, 6.45) is 0. The zero-order valence-electron chi connectivity index (χ0n) is 29.2. The van der Waals surface area contributed by atoms with Gasteiger partial charge in [-0.1, -0.05) is 164 Å².